The zero-order chi connectivity index (χ0) is 16.4. The van der Waals surface area contributed by atoms with Gasteiger partial charge < -0.3 is 9.64 Å². The lowest BCUT2D eigenvalue weighted by molar-refractivity contribution is 0.0684. The van der Waals surface area contributed by atoms with Gasteiger partial charge in [-0.15, -0.1) is 11.8 Å². The Morgan fingerprint density at radius 3 is 2.67 bits per heavy atom. The van der Waals surface area contributed by atoms with E-state index in [1.54, 1.807) is 0 Å². The van der Waals surface area contributed by atoms with E-state index in [0.29, 0.717) is 0 Å². The van der Waals surface area contributed by atoms with E-state index < -0.39 is 0 Å². The Morgan fingerprint density at radius 1 is 1.04 bits per heavy atom. The average Bonchev–Trinajstić information content (AvgIpc) is 2.81. The van der Waals surface area contributed by atoms with E-state index in [1.165, 1.54) is 27.1 Å². The maximum Gasteiger partial charge on any atom is 0.0825 e. The van der Waals surface area contributed by atoms with E-state index in [0.717, 1.165) is 49.9 Å². The molecule has 2 heterocycles. The van der Waals surface area contributed by atoms with Crippen molar-refractivity contribution in [1.82, 2.24) is 4.90 Å². The number of morpholine rings is 1. The summed E-state index contributed by atoms with van der Waals surface area (Å²) >= 11 is 7.61. The number of hydrogen-bond acceptors (Lipinski definition) is 3. The summed E-state index contributed by atoms with van der Waals surface area (Å²) in [5.74, 6) is 1.06. The maximum absolute atomic E-state index is 5.67. The van der Waals surface area contributed by atoms with Gasteiger partial charge in [0.25, 0.3) is 0 Å². The molecule has 2 aromatic carbocycles. The van der Waals surface area contributed by atoms with Crippen LogP contribution in [0, 0.1) is 0 Å². The first-order valence-electron chi connectivity index (χ1n) is 8.46. The van der Waals surface area contributed by atoms with Crippen LogP contribution in [-0.4, -0.2) is 36.2 Å². The number of fused-ring (bicyclic) bond motifs is 2. The molecule has 2 nitrogen and oxygen atoms in total. The predicted molar refractivity (Wildman–Crippen MR) is 104 cm³/mol. The Balaban J connectivity index is 1.53. The molecule has 0 aliphatic carbocycles. The fourth-order valence-electron chi connectivity index (χ4n) is 3.35. The van der Waals surface area contributed by atoms with Crippen molar-refractivity contribution >= 4 is 29.0 Å². The first-order valence-corrected chi connectivity index (χ1v) is 9.86. The summed E-state index contributed by atoms with van der Waals surface area (Å²) in [7, 11) is 0. The molecule has 1 fully saturated rings. The van der Waals surface area contributed by atoms with Crippen molar-refractivity contribution in [2.75, 3.05) is 26.3 Å². The van der Waals surface area contributed by atoms with Crippen LogP contribution in [0.15, 0.2) is 47.4 Å². The van der Waals surface area contributed by atoms with E-state index in [-0.39, 0.29) is 0 Å². The SMILES string of the molecule is S=C(Cc1ccc2c(c1)Cc1ccccc1CS2)N1CCOCC1. The monoisotopic (exact) mass is 355 g/mol. The molecule has 0 bridgehead atoms. The Labute approximate surface area is 153 Å². The molecule has 24 heavy (non-hydrogen) atoms. The number of hydrogen-bond donors (Lipinski definition) is 0. The van der Waals surface area contributed by atoms with Crippen molar-refractivity contribution in [2.24, 2.45) is 0 Å². The highest BCUT2D eigenvalue weighted by Crippen LogP contribution is 2.34. The van der Waals surface area contributed by atoms with Crippen LogP contribution in [0.2, 0.25) is 0 Å². The molecule has 0 N–H and O–H groups in total. The van der Waals surface area contributed by atoms with Gasteiger partial charge in [-0.3, -0.25) is 0 Å². The van der Waals surface area contributed by atoms with E-state index in [2.05, 4.69) is 47.4 Å². The van der Waals surface area contributed by atoms with Gasteiger partial charge in [-0.1, -0.05) is 48.6 Å². The van der Waals surface area contributed by atoms with E-state index in [1.807, 2.05) is 11.8 Å². The summed E-state index contributed by atoms with van der Waals surface area (Å²) in [6.07, 6.45) is 1.88. The van der Waals surface area contributed by atoms with Gasteiger partial charge in [0.05, 0.1) is 18.2 Å². The number of thiocarbonyl (C=S) groups is 1. The highest BCUT2D eigenvalue weighted by Gasteiger charge is 2.16. The van der Waals surface area contributed by atoms with E-state index >= 15 is 0 Å². The Morgan fingerprint density at radius 2 is 1.83 bits per heavy atom. The highest BCUT2D eigenvalue weighted by atomic mass is 32.2. The van der Waals surface area contributed by atoms with Crippen molar-refractivity contribution < 1.29 is 4.74 Å². The second kappa shape index (κ2) is 7.26. The molecule has 2 aliphatic rings. The van der Waals surface area contributed by atoms with Gasteiger partial charge in [-0.25, -0.2) is 0 Å². The fourth-order valence-corrected chi connectivity index (χ4v) is 4.77. The van der Waals surface area contributed by atoms with Gasteiger partial charge in [0.1, 0.15) is 0 Å². The minimum absolute atomic E-state index is 0.789. The summed E-state index contributed by atoms with van der Waals surface area (Å²) in [5.41, 5.74) is 5.68. The van der Waals surface area contributed by atoms with Crippen LogP contribution in [0.5, 0.6) is 0 Å². The van der Waals surface area contributed by atoms with Gasteiger partial charge in [0, 0.05) is 30.2 Å². The number of ether oxygens (including phenoxy) is 1. The molecule has 4 rings (SSSR count). The van der Waals surface area contributed by atoms with Crippen LogP contribution in [0.25, 0.3) is 0 Å². The molecule has 0 saturated carbocycles. The lowest BCUT2D eigenvalue weighted by Gasteiger charge is -2.29. The summed E-state index contributed by atoms with van der Waals surface area (Å²) in [4.78, 5) is 4.74. The van der Waals surface area contributed by atoms with Crippen molar-refractivity contribution in [1.29, 1.82) is 0 Å². The molecule has 2 aliphatic heterocycles. The first kappa shape index (κ1) is 16.1. The molecule has 0 atom stereocenters. The molecule has 0 spiro atoms. The van der Waals surface area contributed by atoms with Crippen LogP contribution in [0.4, 0.5) is 0 Å². The van der Waals surface area contributed by atoms with Crippen LogP contribution >= 0.6 is 24.0 Å². The molecular formula is C20H21NOS2. The fraction of sp³-hybridized carbons (Fsp3) is 0.350. The van der Waals surface area contributed by atoms with E-state index in [4.69, 9.17) is 17.0 Å². The van der Waals surface area contributed by atoms with Gasteiger partial charge in [-0.05, 0) is 34.7 Å². The quantitative estimate of drug-likeness (QED) is 0.752. The minimum Gasteiger partial charge on any atom is -0.378 e. The van der Waals surface area contributed by atoms with Crippen molar-refractivity contribution in [2.45, 2.75) is 23.5 Å². The minimum atomic E-state index is 0.789. The summed E-state index contributed by atoms with van der Waals surface area (Å²) in [5, 5.41) is 0. The number of thioether (sulfide) groups is 1. The maximum atomic E-state index is 5.67. The average molecular weight is 356 g/mol. The molecular weight excluding hydrogens is 334 g/mol. The third-order valence-electron chi connectivity index (χ3n) is 4.73. The van der Waals surface area contributed by atoms with Crippen LogP contribution in [-0.2, 0) is 23.3 Å². The standard InChI is InChI=1S/C20H21NOS2/c23-20(21-7-9-22-10-8-21)12-15-5-6-19-18(11-15)13-16-3-1-2-4-17(16)14-24-19/h1-6,11H,7-10,12-14H2. The lowest BCUT2D eigenvalue weighted by atomic mass is 9.98. The van der Waals surface area contributed by atoms with Crippen molar-refractivity contribution in [3.8, 4) is 0 Å². The Bertz CT molecular complexity index is 753. The second-order valence-electron chi connectivity index (χ2n) is 6.35. The zero-order valence-electron chi connectivity index (χ0n) is 13.7. The second-order valence-corrected chi connectivity index (χ2v) is 7.83. The number of rotatable bonds is 2. The van der Waals surface area contributed by atoms with Gasteiger partial charge in [0.15, 0.2) is 0 Å². The van der Waals surface area contributed by atoms with Crippen LogP contribution < -0.4 is 0 Å². The summed E-state index contributed by atoms with van der Waals surface area (Å²) in [6, 6.07) is 15.7. The smallest absolute Gasteiger partial charge is 0.0825 e. The zero-order valence-corrected chi connectivity index (χ0v) is 15.3. The molecule has 0 aromatic heterocycles. The molecule has 0 radical (unpaired) electrons. The van der Waals surface area contributed by atoms with Gasteiger partial charge in [0.2, 0.25) is 0 Å². The highest BCUT2D eigenvalue weighted by molar-refractivity contribution is 7.98. The normalized spacial score (nSPS) is 16.9. The molecule has 4 heteroatoms. The largest absolute Gasteiger partial charge is 0.378 e. The third kappa shape index (κ3) is 3.51. The first-order chi connectivity index (χ1) is 11.8. The number of nitrogens with zero attached hydrogens (tertiary/aromatic N) is 1. The molecule has 1 saturated heterocycles. The lowest BCUT2D eigenvalue weighted by Crippen LogP contribution is -2.40. The van der Waals surface area contributed by atoms with Crippen molar-refractivity contribution in [3.05, 3.63) is 64.7 Å². The molecule has 2 aromatic rings. The van der Waals surface area contributed by atoms with Crippen LogP contribution in [0.1, 0.15) is 22.3 Å². The molecule has 0 amide bonds. The van der Waals surface area contributed by atoms with Crippen molar-refractivity contribution in [3.63, 3.8) is 0 Å². The van der Waals surface area contributed by atoms with Gasteiger partial charge >= 0.3 is 0 Å². The molecule has 0 unspecified atom stereocenters. The van der Waals surface area contributed by atoms with Crippen LogP contribution in [0.3, 0.4) is 0 Å². The Hall–Kier alpha value is -1.36. The Kier molecular flexibility index (Phi) is 4.88. The van der Waals surface area contributed by atoms with E-state index in [9.17, 15) is 0 Å². The summed E-state index contributed by atoms with van der Waals surface area (Å²) in [6.45, 7) is 3.43. The van der Waals surface area contributed by atoms with Gasteiger partial charge in [-0.2, -0.15) is 0 Å². The topological polar surface area (TPSA) is 12.5 Å². The third-order valence-corrected chi connectivity index (χ3v) is 6.29. The summed E-state index contributed by atoms with van der Waals surface area (Å²) < 4.78 is 5.42. The molecule has 124 valence electrons. The number of benzene rings is 2. The predicted octanol–water partition coefficient (Wildman–Crippen LogP) is 4.09.